The third-order valence-electron chi connectivity index (χ3n) is 4.36. The molecular formula is C22H27F3N2O2. The molecule has 0 heterocycles. The van der Waals surface area contributed by atoms with Gasteiger partial charge in [0.2, 0.25) is 0 Å². The number of alkyl halides is 3. The highest BCUT2D eigenvalue weighted by atomic mass is 19.4. The van der Waals surface area contributed by atoms with Gasteiger partial charge in [-0.15, -0.1) is 0 Å². The van der Waals surface area contributed by atoms with Gasteiger partial charge in [0.25, 0.3) is 0 Å². The number of rotatable bonds is 9. The van der Waals surface area contributed by atoms with Crippen molar-refractivity contribution in [2.24, 2.45) is 5.92 Å². The Labute approximate surface area is 169 Å². The molecule has 1 aromatic carbocycles. The van der Waals surface area contributed by atoms with E-state index in [1.165, 1.54) is 0 Å². The van der Waals surface area contributed by atoms with Gasteiger partial charge in [0.05, 0.1) is 5.57 Å². The molecule has 0 fully saturated rings. The van der Waals surface area contributed by atoms with Crippen LogP contribution in [0.25, 0.3) is 6.08 Å². The van der Waals surface area contributed by atoms with Crippen LogP contribution in [0.3, 0.4) is 0 Å². The second-order valence-electron chi connectivity index (χ2n) is 6.58. The number of hydrogen-bond acceptors (Lipinski definition) is 3. The van der Waals surface area contributed by atoms with Crippen LogP contribution in [0.2, 0.25) is 0 Å². The summed E-state index contributed by atoms with van der Waals surface area (Å²) in [6.07, 6.45) is 1.39. The normalized spacial score (nSPS) is 14.2. The molecule has 0 aliphatic heterocycles. The number of anilines is 1. The monoisotopic (exact) mass is 408 g/mol. The molecule has 0 aromatic heterocycles. The Hall–Kier alpha value is -2.83. The zero-order valence-corrected chi connectivity index (χ0v) is 17.0. The molecule has 4 nitrogen and oxygen atoms in total. The van der Waals surface area contributed by atoms with Crippen LogP contribution < -0.4 is 5.32 Å². The quantitative estimate of drug-likeness (QED) is 0.251. The predicted molar refractivity (Wildman–Crippen MR) is 111 cm³/mol. The van der Waals surface area contributed by atoms with E-state index < -0.39 is 23.4 Å². The van der Waals surface area contributed by atoms with Crippen LogP contribution >= 0.6 is 0 Å². The Morgan fingerprint density at radius 1 is 1.31 bits per heavy atom. The van der Waals surface area contributed by atoms with E-state index in [0.717, 1.165) is 18.1 Å². The molecule has 1 aromatic rings. The van der Waals surface area contributed by atoms with E-state index in [0.29, 0.717) is 23.0 Å². The summed E-state index contributed by atoms with van der Waals surface area (Å²) in [7, 11) is 0. The molecule has 0 saturated heterocycles. The number of halogens is 3. The van der Waals surface area contributed by atoms with Crippen LogP contribution in [-0.4, -0.2) is 23.0 Å². The highest BCUT2D eigenvalue weighted by molar-refractivity contribution is 6.03. The van der Waals surface area contributed by atoms with Crippen LogP contribution in [0.5, 0.6) is 0 Å². The van der Waals surface area contributed by atoms with Gasteiger partial charge in [-0.25, -0.2) is 4.79 Å². The van der Waals surface area contributed by atoms with E-state index in [4.69, 9.17) is 5.41 Å². The predicted octanol–water partition coefficient (Wildman–Crippen LogP) is 6.41. The highest BCUT2D eigenvalue weighted by Gasteiger charge is 2.32. The van der Waals surface area contributed by atoms with Crippen molar-refractivity contribution in [2.45, 2.75) is 46.7 Å². The molecule has 1 rings (SSSR count). The molecule has 0 amide bonds. The van der Waals surface area contributed by atoms with E-state index in [9.17, 15) is 23.1 Å². The Kier molecular flexibility index (Phi) is 8.88. The summed E-state index contributed by atoms with van der Waals surface area (Å²) in [5, 5.41) is 20.4. The van der Waals surface area contributed by atoms with E-state index >= 15 is 0 Å². The first-order chi connectivity index (χ1) is 13.5. The number of hydrogen-bond donors (Lipinski definition) is 3. The van der Waals surface area contributed by atoms with Gasteiger partial charge in [0.1, 0.15) is 5.70 Å². The van der Waals surface area contributed by atoms with Crippen LogP contribution in [0.15, 0.2) is 47.7 Å². The zero-order valence-electron chi connectivity index (χ0n) is 17.0. The molecule has 0 aliphatic rings. The van der Waals surface area contributed by atoms with Crippen molar-refractivity contribution < 1.29 is 23.1 Å². The number of carboxylic acid groups (broad SMARTS) is 1. The number of benzene rings is 1. The molecule has 0 radical (unpaired) electrons. The summed E-state index contributed by atoms with van der Waals surface area (Å²) in [6, 6.07) is 4.88. The number of nitrogens with one attached hydrogen (secondary N) is 2. The summed E-state index contributed by atoms with van der Waals surface area (Å²) in [5.74, 6) is -1.53. The Morgan fingerprint density at radius 2 is 1.97 bits per heavy atom. The molecule has 0 aliphatic carbocycles. The van der Waals surface area contributed by atoms with Crippen molar-refractivity contribution in [1.29, 1.82) is 5.41 Å². The number of carboxylic acids is 1. The van der Waals surface area contributed by atoms with Crippen molar-refractivity contribution in [3.05, 3.63) is 58.8 Å². The van der Waals surface area contributed by atoms with E-state index in [2.05, 4.69) is 5.32 Å². The zero-order chi connectivity index (χ0) is 22.2. The fourth-order valence-electron chi connectivity index (χ4n) is 2.60. The lowest BCUT2D eigenvalue weighted by molar-refractivity contribution is -0.132. The molecule has 0 saturated carbocycles. The van der Waals surface area contributed by atoms with Crippen LogP contribution in [-0.2, 0) is 4.79 Å². The lowest BCUT2D eigenvalue weighted by atomic mass is 9.92. The molecular weight excluding hydrogens is 381 g/mol. The van der Waals surface area contributed by atoms with Gasteiger partial charge in [0.15, 0.2) is 0 Å². The summed E-state index contributed by atoms with van der Waals surface area (Å²) >= 11 is 0. The molecule has 1 atom stereocenters. The SMILES string of the molecule is C/C=C\c1ccc(N/C(=C\C(=C\CC)C(F)(F)F)C(=O)O)cc1C(=N)C(C)CC. The standard InChI is InChI=1S/C22H27F3N2O2/c1-5-8-15-10-11-17(13-18(15)20(26)14(4)7-3)27-19(21(28)29)12-16(9-6-2)22(23,24)25/h5,8-14,26-27H,6-7H2,1-4H3,(H,28,29)/b8-5-,16-9-,19-12-,26-20?. The number of allylic oxidation sites excluding steroid dienone is 4. The first kappa shape index (κ1) is 24.2. The second-order valence-corrected chi connectivity index (χ2v) is 6.58. The first-order valence-corrected chi connectivity index (χ1v) is 9.39. The average molecular weight is 408 g/mol. The number of aliphatic carboxylic acids is 1. The van der Waals surface area contributed by atoms with Crippen molar-refractivity contribution in [2.75, 3.05) is 5.32 Å². The van der Waals surface area contributed by atoms with Gasteiger partial charge in [-0.2, -0.15) is 13.2 Å². The summed E-state index contributed by atoms with van der Waals surface area (Å²) in [6.45, 7) is 7.25. The highest BCUT2D eigenvalue weighted by Crippen LogP contribution is 2.29. The van der Waals surface area contributed by atoms with Gasteiger partial charge >= 0.3 is 12.1 Å². The summed E-state index contributed by atoms with van der Waals surface area (Å²) in [4.78, 5) is 11.5. The molecule has 3 N–H and O–H groups in total. The average Bonchev–Trinajstić information content (AvgIpc) is 2.66. The van der Waals surface area contributed by atoms with Gasteiger partial charge in [-0.3, -0.25) is 0 Å². The Bertz CT molecular complexity index is 837. The third-order valence-corrected chi connectivity index (χ3v) is 4.36. The molecule has 158 valence electrons. The Morgan fingerprint density at radius 3 is 2.45 bits per heavy atom. The second kappa shape index (κ2) is 10.6. The fraction of sp³-hybridized carbons (Fsp3) is 0.364. The van der Waals surface area contributed by atoms with Crippen LogP contribution in [0.1, 0.15) is 51.7 Å². The van der Waals surface area contributed by atoms with Crippen molar-refractivity contribution in [3.8, 4) is 0 Å². The lowest BCUT2D eigenvalue weighted by Gasteiger charge is -2.16. The topological polar surface area (TPSA) is 73.2 Å². The van der Waals surface area contributed by atoms with E-state index in [1.807, 2.05) is 32.9 Å². The fourth-order valence-corrected chi connectivity index (χ4v) is 2.60. The van der Waals surface area contributed by atoms with Gasteiger partial charge in [0, 0.05) is 17.0 Å². The third kappa shape index (κ3) is 6.93. The molecule has 1 unspecified atom stereocenters. The first-order valence-electron chi connectivity index (χ1n) is 9.39. The van der Waals surface area contributed by atoms with E-state index in [1.54, 1.807) is 25.1 Å². The minimum Gasteiger partial charge on any atom is -0.477 e. The summed E-state index contributed by atoms with van der Waals surface area (Å²) < 4.78 is 39.4. The maximum atomic E-state index is 13.1. The van der Waals surface area contributed by atoms with Gasteiger partial charge in [-0.1, -0.05) is 45.1 Å². The molecule has 29 heavy (non-hydrogen) atoms. The molecule has 0 bridgehead atoms. The smallest absolute Gasteiger partial charge is 0.416 e. The Balaban J connectivity index is 3.42. The molecule has 0 spiro atoms. The van der Waals surface area contributed by atoms with Gasteiger partial charge < -0.3 is 15.8 Å². The molecule has 7 heteroatoms. The lowest BCUT2D eigenvalue weighted by Crippen LogP contribution is -2.17. The van der Waals surface area contributed by atoms with Crippen LogP contribution in [0.4, 0.5) is 18.9 Å². The van der Waals surface area contributed by atoms with E-state index in [-0.39, 0.29) is 12.3 Å². The largest absolute Gasteiger partial charge is 0.477 e. The van der Waals surface area contributed by atoms with Crippen LogP contribution in [0, 0.1) is 11.3 Å². The minimum atomic E-state index is -4.65. The maximum absolute atomic E-state index is 13.1. The van der Waals surface area contributed by atoms with Crippen molar-refractivity contribution >= 4 is 23.4 Å². The van der Waals surface area contributed by atoms with Crippen molar-refractivity contribution in [3.63, 3.8) is 0 Å². The number of carbonyl (C=O) groups is 1. The summed E-state index contributed by atoms with van der Waals surface area (Å²) in [5.41, 5.74) is 0.447. The minimum absolute atomic E-state index is 0.0203. The van der Waals surface area contributed by atoms with Gasteiger partial charge in [-0.05, 0) is 49.5 Å². The maximum Gasteiger partial charge on any atom is 0.416 e. The van der Waals surface area contributed by atoms with Crippen molar-refractivity contribution in [1.82, 2.24) is 0 Å².